The molecule has 96 valence electrons. The lowest BCUT2D eigenvalue weighted by Gasteiger charge is -2.14. The van der Waals surface area contributed by atoms with Gasteiger partial charge in [-0.1, -0.05) is 18.5 Å². The van der Waals surface area contributed by atoms with Gasteiger partial charge in [-0.15, -0.1) is 11.3 Å². The number of thiophene rings is 1. The second-order valence-electron chi connectivity index (χ2n) is 4.57. The van der Waals surface area contributed by atoms with Crippen molar-refractivity contribution in [3.8, 4) is 0 Å². The van der Waals surface area contributed by atoms with Gasteiger partial charge in [-0.25, -0.2) is 0 Å². The maximum atomic E-state index is 11.2. The fraction of sp³-hybridized carbons (Fsp3) is 0.667. The number of aryl methyl sites for hydroxylation is 1. The topological polar surface area (TPSA) is 29.1 Å². The number of nitrogens with one attached hydrogen (secondary N) is 1. The van der Waals surface area contributed by atoms with Crippen molar-refractivity contribution in [2.75, 3.05) is 12.8 Å². The predicted octanol–water partition coefficient (Wildman–Crippen LogP) is 3.14. The van der Waals surface area contributed by atoms with Gasteiger partial charge in [-0.3, -0.25) is 4.21 Å². The molecule has 5 heteroatoms. The summed E-state index contributed by atoms with van der Waals surface area (Å²) in [5.74, 6) is 0. The van der Waals surface area contributed by atoms with Crippen molar-refractivity contribution in [3.05, 3.63) is 20.8 Å². The van der Waals surface area contributed by atoms with Crippen molar-refractivity contribution in [1.29, 1.82) is 0 Å². The highest BCUT2D eigenvalue weighted by atomic mass is 35.5. The van der Waals surface area contributed by atoms with Gasteiger partial charge in [-0.2, -0.15) is 0 Å². The van der Waals surface area contributed by atoms with Gasteiger partial charge < -0.3 is 5.32 Å². The monoisotopic (exact) mass is 291 g/mol. The van der Waals surface area contributed by atoms with E-state index >= 15 is 0 Å². The Hall–Kier alpha value is 0.1000. The zero-order valence-electron chi connectivity index (χ0n) is 10.2. The van der Waals surface area contributed by atoms with E-state index in [4.69, 9.17) is 11.6 Å². The number of fused-ring (bicyclic) bond motifs is 1. The van der Waals surface area contributed by atoms with E-state index in [-0.39, 0.29) is 5.25 Å². The Morgan fingerprint density at radius 1 is 1.71 bits per heavy atom. The summed E-state index contributed by atoms with van der Waals surface area (Å²) in [6, 6.07) is 2.54. The van der Waals surface area contributed by atoms with Crippen LogP contribution in [0.4, 0.5) is 0 Å². The average molecular weight is 292 g/mol. The summed E-state index contributed by atoms with van der Waals surface area (Å²) in [5.41, 5.74) is 1.38. The van der Waals surface area contributed by atoms with Gasteiger partial charge in [0.15, 0.2) is 0 Å². The Bertz CT molecular complexity index is 419. The van der Waals surface area contributed by atoms with Crippen LogP contribution in [-0.4, -0.2) is 22.3 Å². The third kappa shape index (κ3) is 3.31. The fourth-order valence-electron chi connectivity index (χ4n) is 2.17. The number of halogens is 1. The molecule has 1 aromatic rings. The molecule has 1 N–H and O–H groups in total. The van der Waals surface area contributed by atoms with Gasteiger partial charge in [-0.05, 0) is 37.4 Å². The molecule has 1 aliphatic carbocycles. The summed E-state index contributed by atoms with van der Waals surface area (Å²) in [5, 5.41) is 3.82. The predicted molar refractivity (Wildman–Crippen MR) is 76.5 cm³/mol. The number of hydrogen-bond donors (Lipinski definition) is 1. The highest BCUT2D eigenvalue weighted by molar-refractivity contribution is 7.84. The summed E-state index contributed by atoms with van der Waals surface area (Å²) in [4.78, 5) is 1.43. The second kappa shape index (κ2) is 5.83. The molecular weight excluding hydrogens is 274 g/mol. The van der Waals surface area contributed by atoms with Crippen LogP contribution in [0.3, 0.4) is 0 Å². The molecule has 1 heterocycles. The largest absolute Gasteiger partial charge is 0.310 e. The molecule has 1 aliphatic rings. The molecule has 0 aromatic carbocycles. The zero-order chi connectivity index (χ0) is 12.4. The summed E-state index contributed by atoms with van der Waals surface area (Å²) < 4.78 is 12.1. The first-order valence-corrected chi connectivity index (χ1v) is 8.73. The number of rotatable bonds is 5. The van der Waals surface area contributed by atoms with Gasteiger partial charge in [0, 0.05) is 33.2 Å². The molecule has 0 saturated carbocycles. The molecule has 0 saturated heterocycles. The molecule has 0 fully saturated rings. The Kier molecular flexibility index (Phi) is 4.64. The van der Waals surface area contributed by atoms with Crippen LogP contribution >= 0.6 is 22.9 Å². The van der Waals surface area contributed by atoms with Crippen molar-refractivity contribution in [3.63, 3.8) is 0 Å². The van der Waals surface area contributed by atoms with Crippen LogP contribution in [0.15, 0.2) is 6.07 Å². The normalized spacial score (nSPS) is 22.4. The van der Waals surface area contributed by atoms with E-state index in [1.54, 1.807) is 17.6 Å². The number of hydrogen-bond acceptors (Lipinski definition) is 3. The highest BCUT2D eigenvalue weighted by Gasteiger charge is 2.24. The molecule has 3 atom stereocenters. The van der Waals surface area contributed by atoms with Crippen molar-refractivity contribution < 1.29 is 4.21 Å². The van der Waals surface area contributed by atoms with Gasteiger partial charge in [0.25, 0.3) is 0 Å². The van der Waals surface area contributed by atoms with Crippen molar-refractivity contribution >= 4 is 33.7 Å². The van der Waals surface area contributed by atoms with E-state index < -0.39 is 10.8 Å². The summed E-state index contributed by atoms with van der Waals surface area (Å²) in [6.45, 7) is 2.97. The van der Waals surface area contributed by atoms with Crippen LogP contribution in [0.5, 0.6) is 0 Å². The Labute approximate surface area is 114 Å². The van der Waals surface area contributed by atoms with Crippen molar-refractivity contribution in [2.45, 2.75) is 37.5 Å². The average Bonchev–Trinajstić information content (AvgIpc) is 2.78. The van der Waals surface area contributed by atoms with E-state index in [9.17, 15) is 4.21 Å². The van der Waals surface area contributed by atoms with E-state index in [0.717, 1.165) is 23.7 Å². The summed E-state index contributed by atoms with van der Waals surface area (Å²) >= 11 is 7.72. The van der Waals surface area contributed by atoms with Crippen LogP contribution in [0.25, 0.3) is 0 Å². The lowest BCUT2D eigenvalue weighted by molar-refractivity contribution is 0.518. The van der Waals surface area contributed by atoms with Gasteiger partial charge in [0.05, 0.1) is 4.34 Å². The Balaban J connectivity index is 1.83. The maximum Gasteiger partial charge on any atom is 0.0934 e. The minimum Gasteiger partial charge on any atom is -0.310 e. The quantitative estimate of drug-likeness (QED) is 0.903. The molecular formula is C12H18ClNOS2. The molecule has 0 aliphatic heterocycles. The molecule has 17 heavy (non-hydrogen) atoms. The Morgan fingerprint density at radius 3 is 3.18 bits per heavy atom. The van der Waals surface area contributed by atoms with Gasteiger partial charge in [0.1, 0.15) is 0 Å². The molecule has 0 bridgehead atoms. The molecule has 0 spiro atoms. The first-order chi connectivity index (χ1) is 8.08. The third-order valence-electron chi connectivity index (χ3n) is 3.36. The maximum absolute atomic E-state index is 11.2. The fourth-order valence-corrected chi connectivity index (χ4v) is 3.98. The third-order valence-corrected chi connectivity index (χ3v) is 6.06. The van der Waals surface area contributed by atoms with Crippen molar-refractivity contribution in [1.82, 2.24) is 5.32 Å². The van der Waals surface area contributed by atoms with E-state index in [0.29, 0.717) is 6.04 Å². The SMILES string of the molecule is CC(CCNC1CCc2sc(Cl)cc21)S(C)=O. The van der Waals surface area contributed by atoms with E-state index in [2.05, 4.69) is 11.4 Å². The smallest absolute Gasteiger partial charge is 0.0934 e. The lowest BCUT2D eigenvalue weighted by atomic mass is 10.1. The zero-order valence-corrected chi connectivity index (χ0v) is 12.6. The highest BCUT2D eigenvalue weighted by Crippen LogP contribution is 2.39. The summed E-state index contributed by atoms with van der Waals surface area (Å²) in [6.07, 6.45) is 5.05. The van der Waals surface area contributed by atoms with Crippen LogP contribution in [0.2, 0.25) is 4.34 Å². The van der Waals surface area contributed by atoms with Crippen LogP contribution in [0, 0.1) is 0 Å². The van der Waals surface area contributed by atoms with Crippen LogP contribution in [-0.2, 0) is 17.2 Å². The second-order valence-corrected chi connectivity index (χ2v) is 8.14. The molecule has 3 unspecified atom stereocenters. The van der Waals surface area contributed by atoms with Crippen LogP contribution in [0.1, 0.15) is 36.2 Å². The summed E-state index contributed by atoms with van der Waals surface area (Å²) in [7, 11) is -0.713. The standard InChI is InChI=1S/C12H18ClNOS2/c1-8(17(2)15)5-6-14-10-3-4-11-9(10)7-12(13)16-11/h7-8,10,14H,3-6H2,1-2H3. The van der Waals surface area contributed by atoms with E-state index in [1.807, 2.05) is 6.92 Å². The van der Waals surface area contributed by atoms with Crippen molar-refractivity contribution in [2.24, 2.45) is 0 Å². The minimum absolute atomic E-state index is 0.273. The first-order valence-electron chi connectivity index (χ1n) is 5.91. The first kappa shape index (κ1) is 13.5. The Morgan fingerprint density at radius 2 is 2.47 bits per heavy atom. The minimum atomic E-state index is -0.713. The molecule has 2 rings (SSSR count). The van der Waals surface area contributed by atoms with E-state index in [1.165, 1.54) is 16.9 Å². The molecule has 2 nitrogen and oxygen atoms in total. The molecule has 0 radical (unpaired) electrons. The molecule has 0 amide bonds. The van der Waals surface area contributed by atoms with Crippen LogP contribution < -0.4 is 5.32 Å². The van der Waals surface area contributed by atoms with Gasteiger partial charge >= 0.3 is 0 Å². The molecule has 1 aromatic heterocycles. The van der Waals surface area contributed by atoms with Gasteiger partial charge in [0.2, 0.25) is 0 Å². The lowest BCUT2D eigenvalue weighted by Crippen LogP contribution is -2.24.